The first-order valence-corrected chi connectivity index (χ1v) is 9.90. The molecule has 0 aliphatic carbocycles. The quantitative estimate of drug-likeness (QED) is 0.236. The number of allylic oxidation sites excluding steroid dienone is 6. The van der Waals surface area contributed by atoms with Gasteiger partial charge in [0.15, 0.2) is 0 Å². The molecule has 0 fully saturated rings. The third-order valence-electron chi connectivity index (χ3n) is 4.58. The van der Waals surface area contributed by atoms with Crippen LogP contribution in [0.1, 0.15) is 106 Å². The van der Waals surface area contributed by atoms with Crippen molar-refractivity contribution in [1.82, 2.24) is 0 Å². The lowest BCUT2D eigenvalue weighted by molar-refractivity contribution is 0.467. The Hall–Kier alpha value is -0.780. The fourth-order valence-electron chi connectivity index (χ4n) is 2.84. The van der Waals surface area contributed by atoms with Gasteiger partial charge in [-0.25, -0.2) is 0 Å². The van der Waals surface area contributed by atoms with Crippen LogP contribution in [0.25, 0.3) is 0 Å². The van der Waals surface area contributed by atoms with Crippen LogP contribution >= 0.6 is 0 Å². The van der Waals surface area contributed by atoms with Gasteiger partial charge in [-0.2, -0.15) is 0 Å². The minimum absolute atomic E-state index is 0.891. The largest absolute Gasteiger partial charge is 0.0856 e. The molecule has 0 saturated heterocycles. The van der Waals surface area contributed by atoms with Crippen molar-refractivity contribution < 1.29 is 0 Å². The third-order valence-corrected chi connectivity index (χ3v) is 4.58. The van der Waals surface area contributed by atoms with Gasteiger partial charge in [-0.05, 0) is 72.1 Å². The molecule has 0 N–H and O–H groups in total. The van der Waals surface area contributed by atoms with E-state index < -0.39 is 0 Å². The second-order valence-electron chi connectivity index (χ2n) is 7.64. The number of hydrogen-bond acceptors (Lipinski definition) is 0. The zero-order valence-electron chi connectivity index (χ0n) is 16.9. The monoisotopic (exact) mass is 318 g/mol. The summed E-state index contributed by atoms with van der Waals surface area (Å²) in [6.07, 6.45) is 20.3. The highest BCUT2D eigenvalue weighted by molar-refractivity contribution is 5.05. The van der Waals surface area contributed by atoms with E-state index in [-0.39, 0.29) is 0 Å². The molecule has 0 spiro atoms. The highest BCUT2D eigenvalue weighted by Crippen LogP contribution is 2.17. The molecule has 23 heavy (non-hydrogen) atoms. The first kappa shape index (κ1) is 22.2. The first-order chi connectivity index (χ1) is 11.0. The Morgan fingerprint density at radius 3 is 1.87 bits per heavy atom. The Bertz CT molecular complexity index is 363. The van der Waals surface area contributed by atoms with Crippen LogP contribution in [-0.2, 0) is 0 Å². The van der Waals surface area contributed by atoms with E-state index >= 15 is 0 Å². The van der Waals surface area contributed by atoms with E-state index in [0.717, 1.165) is 5.92 Å². The molecule has 0 aromatic carbocycles. The highest BCUT2D eigenvalue weighted by atomic mass is 14.1. The van der Waals surface area contributed by atoms with E-state index in [1.165, 1.54) is 69.8 Å². The lowest BCUT2D eigenvalue weighted by Gasteiger charge is -2.09. The predicted molar refractivity (Wildman–Crippen MR) is 108 cm³/mol. The predicted octanol–water partition coefficient (Wildman–Crippen LogP) is 8.40. The standard InChI is InChI=1S/C23H42/c1-7-8-9-14-21(4)16-11-18-23(6)19-12-17-22(5)15-10-13-20(2)3/h13,17-18,21H,7-12,14-16,19H2,1-6H3/b22-17+,23-18+. The molecular formula is C23H42. The Morgan fingerprint density at radius 1 is 0.739 bits per heavy atom. The molecule has 0 heterocycles. The summed E-state index contributed by atoms with van der Waals surface area (Å²) in [6, 6.07) is 0. The van der Waals surface area contributed by atoms with Gasteiger partial charge >= 0.3 is 0 Å². The van der Waals surface area contributed by atoms with Crippen LogP contribution in [0.3, 0.4) is 0 Å². The summed E-state index contributed by atoms with van der Waals surface area (Å²) in [5, 5.41) is 0. The molecule has 0 bridgehead atoms. The van der Waals surface area contributed by atoms with Crippen LogP contribution in [0, 0.1) is 5.92 Å². The Kier molecular flexibility index (Phi) is 14.3. The molecule has 0 radical (unpaired) electrons. The van der Waals surface area contributed by atoms with Gasteiger partial charge in [0.2, 0.25) is 0 Å². The van der Waals surface area contributed by atoms with Crippen molar-refractivity contribution >= 4 is 0 Å². The molecule has 0 saturated carbocycles. The minimum Gasteiger partial charge on any atom is -0.0856 e. The zero-order chi connectivity index (χ0) is 17.5. The fourth-order valence-corrected chi connectivity index (χ4v) is 2.84. The van der Waals surface area contributed by atoms with Crippen molar-refractivity contribution in [2.75, 3.05) is 0 Å². The molecule has 1 unspecified atom stereocenters. The van der Waals surface area contributed by atoms with Crippen molar-refractivity contribution in [2.24, 2.45) is 5.92 Å². The average Bonchev–Trinajstić information content (AvgIpc) is 2.47. The Morgan fingerprint density at radius 2 is 1.30 bits per heavy atom. The lowest BCUT2D eigenvalue weighted by atomic mass is 9.97. The number of unbranched alkanes of at least 4 members (excludes halogenated alkanes) is 2. The molecule has 1 atom stereocenters. The molecule has 0 aliphatic heterocycles. The molecule has 0 nitrogen and oxygen atoms in total. The van der Waals surface area contributed by atoms with Crippen LogP contribution in [0.5, 0.6) is 0 Å². The average molecular weight is 319 g/mol. The maximum absolute atomic E-state index is 2.47. The van der Waals surface area contributed by atoms with Crippen LogP contribution < -0.4 is 0 Å². The van der Waals surface area contributed by atoms with Gasteiger partial charge in [0.1, 0.15) is 0 Å². The van der Waals surface area contributed by atoms with E-state index in [9.17, 15) is 0 Å². The maximum atomic E-state index is 2.47. The van der Waals surface area contributed by atoms with Crippen LogP contribution in [0.2, 0.25) is 0 Å². The number of rotatable bonds is 13. The van der Waals surface area contributed by atoms with Crippen LogP contribution in [-0.4, -0.2) is 0 Å². The summed E-state index contributed by atoms with van der Waals surface area (Å²) in [5.74, 6) is 0.891. The lowest BCUT2D eigenvalue weighted by Crippen LogP contribution is -1.94. The van der Waals surface area contributed by atoms with Gasteiger partial charge in [0.25, 0.3) is 0 Å². The molecule has 0 aliphatic rings. The molecule has 134 valence electrons. The maximum Gasteiger partial charge on any atom is -0.0288 e. The summed E-state index contributed by atoms with van der Waals surface area (Å²) >= 11 is 0. The van der Waals surface area contributed by atoms with Crippen molar-refractivity contribution in [2.45, 2.75) is 106 Å². The topological polar surface area (TPSA) is 0 Å². The van der Waals surface area contributed by atoms with Gasteiger partial charge in [-0.15, -0.1) is 0 Å². The van der Waals surface area contributed by atoms with Crippen molar-refractivity contribution in [3.63, 3.8) is 0 Å². The third kappa shape index (κ3) is 15.9. The van der Waals surface area contributed by atoms with Crippen LogP contribution in [0.15, 0.2) is 34.9 Å². The summed E-state index contributed by atoms with van der Waals surface area (Å²) < 4.78 is 0. The number of hydrogen-bond donors (Lipinski definition) is 0. The second kappa shape index (κ2) is 14.8. The van der Waals surface area contributed by atoms with Gasteiger partial charge in [-0.1, -0.05) is 74.5 Å². The van der Waals surface area contributed by atoms with Crippen LogP contribution in [0.4, 0.5) is 0 Å². The summed E-state index contributed by atoms with van der Waals surface area (Å²) in [6.45, 7) is 13.6. The summed E-state index contributed by atoms with van der Waals surface area (Å²) in [4.78, 5) is 0. The molecule has 0 aromatic heterocycles. The van der Waals surface area contributed by atoms with Crippen molar-refractivity contribution in [3.8, 4) is 0 Å². The van der Waals surface area contributed by atoms with E-state index in [4.69, 9.17) is 0 Å². The van der Waals surface area contributed by atoms with E-state index in [0.29, 0.717) is 0 Å². The molecule has 0 amide bonds. The normalized spacial score (nSPS) is 14.0. The van der Waals surface area contributed by atoms with Gasteiger partial charge in [0, 0.05) is 0 Å². The highest BCUT2D eigenvalue weighted by Gasteiger charge is 2.00. The molecule has 0 rings (SSSR count). The molecule has 0 heteroatoms. The second-order valence-corrected chi connectivity index (χ2v) is 7.64. The van der Waals surface area contributed by atoms with E-state index in [1.54, 1.807) is 11.1 Å². The SMILES string of the molecule is CCCCCC(C)CC/C=C(\C)CC/C=C(\C)CCC=C(C)C. The Labute approximate surface area is 147 Å². The minimum atomic E-state index is 0.891. The zero-order valence-corrected chi connectivity index (χ0v) is 16.9. The smallest absolute Gasteiger partial charge is 0.0288 e. The van der Waals surface area contributed by atoms with Gasteiger partial charge < -0.3 is 0 Å². The van der Waals surface area contributed by atoms with Crippen molar-refractivity contribution in [1.29, 1.82) is 0 Å². The Balaban J connectivity index is 3.83. The molecular weight excluding hydrogens is 276 g/mol. The summed E-state index contributed by atoms with van der Waals surface area (Å²) in [7, 11) is 0. The van der Waals surface area contributed by atoms with Crippen molar-refractivity contribution in [3.05, 3.63) is 34.9 Å². The first-order valence-electron chi connectivity index (χ1n) is 9.90. The molecule has 0 aromatic rings. The van der Waals surface area contributed by atoms with E-state index in [1.807, 2.05) is 0 Å². The van der Waals surface area contributed by atoms with E-state index in [2.05, 4.69) is 59.8 Å². The van der Waals surface area contributed by atoms with Gasteiger partial charge in [0.05, 0.1) is 0 Å². The fraction of sp³-hybridized carbons (Fsp3) is 0.739. The van der Waals surface area contributed by atoms with Gasteiger partial charge in [-0.3, -0.25) is 0 Å². The summed E-state index contributed by atoms with van der Waals surface area (Å²) in [5.41, 5.74) is 4.54.